The van der Waals surface area contributed by atoms with Crippen LogP contribution < -0.4 is 10.2 Å². The lowest BCUT2D eigenvalue weighted by Crippen LogP contribution is -3.12. The van der Waals surface area contributed by atoms with Crippen molar-refractivity contribution < 1.29 is 18.5 Å². The third-order valence-corrected chi connectivity index (χ3v) is 2.96. The van der Waals surface area contributed by atoms with Crippen LogP contribution in [0, 0.1) is 11.6 Å². The molecule has 1 aromatic carbocycles. The van der Waals surface area contributed by atoms with Gasteiger partial charge >= 0.3 is 0 Å². The molecule has 0 radical (unpaired) electrons. The van der Waals surface area contributed by atoms with Crippen LogP contribution in [-0.2, 0) is 4.79 Å². The molecule has 3 nitrogen and oxygen atoms in total. The number of rotatable bonds is 7. The van der Waals surface area contributed by atoms with Crippen molar-refractivity contribution in [2.45, 2.75) is 20.3 Å². The van der Waals surface area contributed by atoms with Gasteiger partial charge in [-0.1, -0.05) is 6.58 Å². The molecule has 1 rings (SSSR count). The minimum absolute atomic E-state index is 0.205. The van der Waals surface area contributed by atoms with E-state index in [1.807, 2.05) is 13.8 Å². The van der Waals surface area contributed by atoms with E-state index >= 15 is 0 Å². The normalized spacial score (nSPS) is 12.0. The minimum atomic E-state index is -0.967. The third kappa shape index (κ3) is 5.48. The summed E-state index contributed by atoms with van der Waals surface area (Å²) in [5.74, 6) is -2.10. The first-order valence-electron chi connectivity index (χ1n) is 6.65. The Morgan fingerprint density at radius 3 is 2.60 bits per heavy atom. The molecule has 0 spiro atoms. The number of nitrogens with one attached hydrogen (secondary N) is 2. The molecule has 110 valence electrons. The van der Waals surface area contributed by atoms with Crippen LogP contribution in [-0.4, -0.2) is 25.5 Å². The zero-order valence-corrected chi connectivity index (χ0v) is 11.9. The molecule has 0 aliphatic rings. The summed E-state index contributed by atoms with van der Waals surface area (Å²) in [6, 6.07) is 3.32. The highest BCUT2D eigenvalue weighted by atomic mass is 19.2. The van der Waals surface area contributed by atoms with E-state index in [2.05, 4.69) is 11.9 Å². The zero-order valence-electron chi connectivity index (χ0n) is 11.9. The summed E-state index contributed by atoms with van der Waals surface area (Å²) in [5.41, 5.74) is 1.34. The van der Waals surface area contributed by atoms with Crippen molar-refractivity contribution in [3.8, 4) is 0 Å². The quantitative estimate of drug-likeness (QED) is 0.735. The Morgan fingerprint density at radius 2 is 2.05 bits per heavy atom. The molecule has 0 aliphatic carbocycles. The van der Waals surface area contributed by atoms with Gasteiger partial charge < -0.3 is 10.2 Å². The summed E-state index contributed by atoms with van der Waals surface area (Å²) in [4.78, 5) is 13.0. The highest BCUT2D eigenvalue weighted by Crippen LogP contribution is 2.12. The van der Waals surface area contributed by atoms with Gasteiger partial charge in [-0.2, -0.15) is 0 Å². The van der Waals surface area contributed by atoms with Gasteiger partial charge in [0.15, 0.2) is 11.6 Å². The van der Waals surface area contributed by atoms with Gasteiger partial charge in [0.25, 0.3) is 0 Å². The Balaban J connectivity index is 2.46. The van der Waals surface area contributed by atoms with Gasteiger partial charge in [0, 0.05) is 11.8 Å². The lowest BCUT2D eigenvalue weighted by molar-refractivity contribution is -0.892. The molecule has 2 N–H and O–H groups in total. The minimum Gasteiger partial charge on any atom is -0.331 e. The number of benzene rings is 1. The van der Waals surface area contributed by atoms with Crippen molar-refractivity contribution in [3.63, 3.8) is 0 Å². The predicted octanol–water partition coefficient (Wildman–Crippen LogP) is 1.77. The van der Waals surface area contributed by atoms with Crippen molar-refractivity contribution in [2.75, 3.05) is 25.0 Å². The van der Waals surface area contributed by atoms with Gasteiger partial charge in [-0.15, -0.1) is 0 Å². The molecule has 1 amide bonds. The Kier molecular flexibility index (Phi) is 6.31. The molecule has 20 heavy (non-hydrogen) atoms. The number of amides is 1. The van der Waals surface area contributed by atoms with Crippen LogP contribution in [0.5, 0.6) is 0 Å². The maximum Gasteiger partial charge on any atom is 0.230 e. The van der Waals surface area contributed by atoms with Crippen molar-refractivity contribution in [1.82, 2.24) is 0 Å². The number of quaternary nitrogens is 1. The number of hydrogen-bond acceptors (Lipinski definition) is 1. The molecule has 1 unspecified atom stereocenters. The van der Waals surface area contributed by atoms with E-state index in [0.717, 1.165) is 30.8 Å². The average molecular weight is 283 g/mol. The fourth-order valence-electron chi connectivity index (χ4n) is 1.90. The van der Waals surface area contributed by atoms with E-state index in [4.69, 9.17) is 0 Å². The number of halogens is 2. The summed E-state index contributed by atoms with van der Waals surface area (Å²) in [5, 5.41) is 2.56. The van der Waals surface area contributed by atoms with Gasteiger partial charge in [0.1, 0.15) is 0 Å². The molecule has 1 aromatic rings. The maximum absolute atomic E-state index is 13.0. The van der Waals surface area contributed by atoms with Crippen LogP contribution >= 0.6 is 0 Å². The van der Waals surface area contributed by atoms with E-state index in [1.54, 1.807) is 0 Å². The lowest BCUT2D eigenvalue weighted by Gasteiger charge is -2.17. The molecule has 0 saturated heterocycles. The van der Waals surface area contributed by atoms with Gasteiger partial charge in [-0.05, 0) is 31.6 Å². The van der Waals surface area contributed by atoms with Gasteiger partial charge in [0.05, 0.1) is 26.1 Å². The number of anilines is 1. The van der Waals surface area contributed by atoms with Crippen LogP contribution in [0.4, 0.5) is 14.5 Å². The second-order valence-corrected chi connectivity index (χ2v) is 4.91. The van der Waals surface area contributed by atoms with E-state index in [-0.39, 0.29) is 11.6 Å². The summed E-state index contributed by atoms with van der Waals surface area (Å²) >= 11 is 0. The number of hydrogen-bond donors (Lipinski definition) is 2. The molecule has 0 aromatic heterocycles. The summed E-state index contributed by atoms with van der Waals surface area (Å²) in [7, 11) is 0. The summed E-state index contributed by atoms with van der Waals surface area (Å²) in [6.07, 6.45) is 0.329. The van der Waals surface area contributed by atoms with Crippen molar-refractivity contribution in [3.05, 3.63) is 42.0 Å². The number of carbonyl (C=O) groups excluding carboxylic acids is 1. The van der Waals surface area contributed by atoms with Crippen LogP contribution in [0.1, 0.15) is 20.3 Å². The Hall–Kier alpha value is -1.75. The lowest BCUT2D eigenvalue weighted by atomic mass is 10.2. The summed E-state index contributed by atoms with van der Waals surface area (Å²) < 4.78 is 25.8. The summed E-state index contributed by atoms with van der Waals surface area (Å²) in [6.45, 7) is 10.3. The molecule has 0 aliphatic heterocycles. The smallest absolute Gasteiger partial charge is 0.230 e. The first-order chi connectivity index (χ1) is 9.42. The molecular weight excluding hydrogens is 262 g/mol. The fourth-order valence-corrected chi connectivity index (χ4v) is 1.90. The highest BCUT2D eigenvalue weighted by Gasteiger charge is 2.11. The van der Waals surface area contributed by atoms with Crippen molar-refractivity contribution in [2.24, 2.45) is 0 Å². The molecule has 0 fully saturated rings. The predicted molar refractivity (Wildman–Crippen MR) is 75.7 cm³/mol. The van der Waals surface area contributed by atoms with E-state index in [9.17, 15) is 13.6 Å². The second-order valence-electron chi connectivity index (χ2n) is 4.91. The van der Waals surface area contributed by atoms with E-state index in [1.165, 1.54) is 11.0 Å². The highest BCUT2D eigenvalue weighted by molar-refractivity contribution is 5.90. The van der Waals surface area contributed by atoms with Crippen molar-refractivity contribution in [1.29, 1.82) is 0 Å². The maximum atomic E-state index is 13.0. The fraction of sp³-hybridized carbons (Fsp3) is 0.400. The Labute approximate surface area is 118 Å². The average Bonchev–Trinajstić information content (AvgIpc) is 2.38. The van der Waals surface area contributed by atoms with Crippen molar-refractivity contribution >= 4 is 11.6 Å². The number of likely N-dealkylation sites (N-methyl/N-ethyl adjacent to an activating group) is 1. The molecule has 0 bridgehead atoms. The molecular formula is C15H21F2N2O+. The SMILES string of the molecule is C=C(C)C[NH+](CC)CCC(=O)Nc1ccc(F)c(F)c1. The van der Waals surface area contributed by atoms with Gasteiger partial charge in [0.2, 0.25) is 5.91 Å². The first kappa shape index (κ1) is 16.3. The first-order valence-corrected chi connectivity index (χ1v) is 6.65. The zero-order chi connectivity index (χ0) is 15.1. The molecule has 0 saturated carbocycles. The number of carbonyl (C=O) groups is 1. The Bertz CT molecular complexity index is 489. The molecule has 0 heterocycles. The van der Waals surface area contributed by atoms with Crippen LogP contribution in [0.3, 0.4) is 0 Å². The van der Waals surface area contributed by atoms with E-state index < -0.39 is 11.6 Å². The van der Waals surface area contributed by atoms with Gasteiger partial charge in [-0.25, -0.2) is 8.78 Å². The molecule has 1 atom stereocenters. The second kappa shape index (κ2) is 7.75. The topological polar surface area (TPSA) is 33.5 Å². The molecule has 5 heteroatoms. The van der Waals surface area contributed by atoms with Crippen LogP contribution in [0.15, 0.2) is 30.4 Å². The largest absolute Gasteiger partial charge is 0.331 e. The third-order valence-electron chi connectivity index (χ3n) is 2.96. The van der Waals surface area contributed by atoms with Gasteiger partial charge in [-0.3, -0.25) is 4.79 Å². The van der Waals surface area contributed by atoms with Crippen LogP contribution in [0.2, 0.25) is 0 Å². The monoisotopic (exact) mass is 283 g/mol. The van der Waals surface area contributed by atoms with E-state index in [0.29, 0.717) is 13.0 Å². The van der Waals surface area contributed by atoms with Crippen LogP contribution in [0.25, 0.3) is 0 Å². The Morgan fingerprint density at radius 1 is 1.35 bits per heavy atom. The standard InChI is InChI=1S/C15H20F2N2O/c1-4-19(10-11(2)3)8-7-15(20)18-12-5-6-13(16)14(17)9-12/h5-6,9H,2,4,7-8,10H2,1,3H3,(H,18,20)/p+1.